The Hall–Kier alpha value is -2.58. The van der Waals surface area contributed by atoms with E-state index in [1.54, 1.807) is 19.1 Å². The highest BCUT2D eigenvalue weighted by Crippen LogP contribution is 2.43. The molecule has 3 aliphatic rings. The molecule has 0 saturated carbocycles. The molecule has 2 aromatic rings. The summed E-state index contributed by atoms with van der Waals surface area (Å²) in [5.41, 5.74) is 2.74. The van der Waals surface area contributed by atoms with Gasteiger partial charge in [0.25, 0.3) is 0 Å². The van der Waals surface area contributed by atoms with Gasteiger partial charge in [-0.3, -0.25) is 4.79 Å². The van der Waals surface area contributed by atoms with Crippen LogP contribution in [0.4, 0.5) is 10.2 Å². The number of aliphatic hydroxyl groups is 1. The van der Waals surface area contributed by atoms with Crippen molar-refractivity contribution in [2.75, 3.05) is 31.1 Å². The maximum Gasteiger partial charge on any atom is 0.231 e. The lowest BCUT2D eigenvalue weighted by atomic mass is 9.87. The van der Waals surface area contributed by atoms with E-state index in [2.05, 4.69) is 41.0 Å². The fourth-order valence-corrected chi connectivity index (χ4v) is 6.13. The number of benzene rings is 1. The molecule has 188 valence electrons. The van der Waals surface area contributed by atoms with E-state index in [0.717, 1.165) is 29.9 Å². The number of hydrogen-bond acceptors (Lipinski definition) is 6. The summed E-state index contributed by atoms with van der Waals surface area (Å²) in [5, 5.41) is 13.9. The number of carbonyl (C=O) groups is 1. The minimum Gasteiger partial charge on any atom is -0.387 e. The second-order valence-electron chi connectivity index (χ2n) is 11.1. The summed E-state index contributed by atoms with van der Waals surface area (Å²) in [5.74, 6) is 0.218. The summed E-state index contributed by atoms with van der Waals surface area (Å²) in [6.45, 7) is 10.5. The van der Waals surface area contributed by atoms with Crippen molar-refractivity contribution in [1.82, 2.24) is 20.2 Å². The average Bonchev–Trinajstić information content (AvgIpc) is 3.34. The molecule has 2 aliphatic heterocycles. The largest absolute Gasteiger partial charge is 0.387 e. The molecule has 1 aromatic heterocycles. The maximum absolute atomic E-state index is 15.3. The number of aryl methyl sites for hydroxylation is 1. The Labute approximate surface area is 206 Å². The molecule has 3 heterocycles. The topological polar surface area (TPSA) is 81.6 Å². The summed E-state index contributed by atoms with van der Waals surface area (Å²) in [4.78, 5) is 26.9. The van der Waals surface area contributed by atoms with Crippen LogP contribution in [-0.4, -0.2) is 63.6 Å². The van der Waals surface area contributed by atoms with Gasteiger partial charge >= 0.3 is 0 Å². The number of nitrogens with one attached hydrogen (secondary N) is 1. The van der Waals surface area contributed by atoms with Crippen LogP contribution in [-0.2, 0) is 4.79 Å². The number of carbonyl (C=O) groups excluding carboxylic acids is 1. The first-order chi connectivity index (χ1) is 16.7. The molecule has 0 unspecified atom stereocenters. The Bertz CT molecular complexity index is 1110. The van der Waals surface area contributed by atoms with Crippen molar-refractivity contribution in [2.45, 2.75) is 76.5 Å². The number of aromatic nitrogens is 2. The monoisotopic (exact) mass is 481 g/mol. The van der Waals surface area contributed by atoms with Crippen LogP contribution in [0.25, 0.3) is 0 Å². The van der Waals surface area contributed by atoms with Crippen molar-refractivity contribution < 1.29 is 14.3 Å². The van der Waals surface area contributed by atoms with Gasteiger partial charge in [-0.2, -0.15) is 0 Å². The molecule has 2 fully saturated rings. The van der Waals surface area contributed by atoms with Crippen LogP contribution in [0.2, 0.25) is 0 Å². The molecule has 0 radical (unpaired) electrons. The molecule has 1 aromatic carbocycles. The molecular formula is C27H36FN5O2. The van der Waals surface area contributed by atoms with Crippen LogP contribution in [0, 0.1) is 12.7 Å². The summed E-state index contributed by atoms with van der Waals surface area (Å²) >= 11 is 0. The summed E-state index contributed by atoms with van der Waals surface area (Å²) in [6, 6.07) is 5.27. The highest BCUT2D eigenvalue weighted by atomic mass is 19.1. The highest BCUT2D eigenvalue weighted by Gasteiger charge is 2.42. The van der Waals surface area contributed by atoms with Gasteiger partial charge in [-0.1, -0.05) is 25.1 Å². The number of fused-ring (bicyclic) bond motifs is 1. The van der Waals surface area contributed by atoms with Crippen LogP contribution in [0.1, 0.15) is 80.4 Å². The van der Waals surface area contributed by atoms with Crippen LogP contribution in [0.15, 0.2) is 24.5 Å². The lowest BCUT2D eigenvalue weighted by molar-refractivity contribution is -0.133. The van der Waals surface area contributed by atoms with E-state index >= 15 is 4.39 Å². The Morgan fingerprint density at radius 2 is 1.97 bits per heavy atom. The van der Waals surface area contributed by atoms with E-state index in [1.807, 2.05) is 11.0 Å². The van der Waals surface area contributed by atoms with Crippen molar-refractivity contribution >= 4 is 11.7 Å². The first-order valence-corrected chi connectivity index (χ1v) is 12.8. The molecule has 2 N–H and O–H groups in total. The van der Waals surface area contributed by atoms with Gasteiger partial charge in [-0.25, -0.2) is 14.4 Å². The Morgan fingerprint density at radius 1 is 1.23 bits per heavy atom. The van der Waals surface area contributed by atoms with Crippen molar-refractivity contribution in [3.8, 4) is 0 Å². The molecule has 1 amide bonds. The Morgan fingerprint density at radius 3 is 2.66 bits per heavy atom. The SMILES string of the molecule is Cc1cccc([C@H](C(=O)N2CCN(c3ncnc4c3[C@H](C)C[C@H]4O)CC2)[C@@H]2CCC(C)(C)N2)c1F. The van der Waals surface area contributed by atoms with Crippen LogP contribution >= 0.6 is 0 Å². The van der Waals surface area contributed by atoms with Crippen LogP contribution in [0.3, 0.4) is 0 Å². The van der Waals surface area contributed by atoms with Gasteiger partial charge in [0.2, 0.25) is 5.91 Å². The molecule has 4 atom stereocenters. The van der Waals surface area contributed by atoms with Crippen LogP contribution in [0.5, 0.6) is 0 Å². The molecule has 0 bridgehead atoms. The van der Waals surface area contributed by atoms with E-state index in [1.165, 1.54) is 6.33 Å². The second kappa shape index (κ2) is 9.13. The zero-order chi connectivity index (χ0) is 24.9. The number of halogens is 1. The Kier molecular flexibility index (Phi) is 6.30. The predicted molar refractivity (Wildman–Crippen MR) is 133 cm³/mol. The summed E-state index contributed by atoms with van der Waals surface area (Å²) < 4.78 is 15.3. The third-order valence-corrected chi connectivity index (χ3v) is 8.05. The molecule has 1 aliphatic carbocycles. The van der Waals surface area contributed by atoms with Crippen LogP contribution < -0.4 is 10.2 Å². The van der Waals surface area contributed by atoms with Gasteiger partial charge < -0.3 is 20.2 Å². The molecule has 2 saturated heterocycles. The van der Waals surface area contributed by atoms with Crippen molar-refractivity contribution in [3.05, 3.63) is 52.7 Å². The number of nitrogens with zero attached hydrogens (tertiary/aromatic N) is 4. The first kappa shape index (κ1) is 24.1. The van der Waals surface area contributed by atoms with Gasteiger partial charge in [-0.05, 0) is 51.5 Å². The predicted octanol–water partition coefficient (Wildman–Crippen LogP) is 3.43. The maximum atomic E-state index is 15.3. The minimum absolute atomic E-state index is 0.0129. The van der Waals surface area contributed by atoms with Gasteiger partial charge in [0.1, 0.15) is 18.0 Å². The van der Waals surface area contributed by atoms with Crippen molar-refractivity contribution in [1.29, 1.82) is 0 Å². The van der Waals surface area contributed by atoms with Gasteiger partial charge in [0.05, 0.1) is 17.7 Å². The standard InChI is InChI=1S/C27H36FN5O2/c1-16-6-5-7-18(23(16)28)22(19-8-9-27(3,4)31-19)26(35)33-12-10-32(11-13-33)25-21-17(2)14-20(34)24(21)29-15-30-25/h5-7,15,17,19-20,22,31,34H,8-14H2,1-4H3/t17-,19+,20-,22+/m1/s1. The van der Waals surface area contributed by atoms with Crippen molar-refractivity contribution in [3.63, 3.8) is 0 Å². The summed E-state index contributed by atoms with van der Waals surface area (Å²) in [7, 11) is 0. The second-order valence-corrected chi connectivity index (χ2v) is 11.1. The molecule has 8 heteroatoms. The zero-order valence-corrected chi connectivity index (χ0v) is 21.1. The third kappa shape index (κ3) is 4.42. The smallest absolute Gasteiger partial charge is 0.231 e. The number of rotatable bonds is 4. The number of anilines is 1. The quantitative estimate of drug-likeness (QED) is 0.697. The normalized spacial score (nSPS) is 26.6. The van der Waals surface area contributed by atoms with E-state index in [0.29, 0.717) is 43.7 Å². The number of amides is 1. The molecular weight excluding hydrogens is 445 g/mol. The summed E-state index contributed by atoms with van der Waals surface area (Å²) in [6.07, 6.45) is 3.43. The number of piperazine rings is 1. The van der Waals surface area contributed by atoms with Gasteiger partial charge in [0.15, 0.2) is 0 Å². The lowest BCUT2D eigenvalue weighted by Gasteiger charge is -2.39. The number of hydrogen-bond donors (Lipinski definition) is 2. The highest BCUT2D eigenvalue weighted by molar-refractivity contribution is 5.85. The van der Waals surface area contributed by atoms with Gasteiger partial charge in [0, 0.05) is 48.9 Å². The molecule has 5 rings (SSSR count). The zero-order valence-electron chi connectivity index (χ0n) is 21.1. The molecule has 35 heavy (non-hydrogen) atoms. The van der Waals surface area contributed by atoms with E-state index in [4.69, 9.17) is 0 Å². The fraction of sp³-hybridized carbons (Fsp3) is 0.593. The van der Waals surface area contributed by atoms with Crippen molar-refractivity contribution in [2.24, 2.45) is 0 Å². The molecule has 0 spiro atoms. The minimum atomic E-state index is -0.554. The average molecular weight is 482 g/mol. The Balaban J connectivity index is 1.37. The first-order valence-electron chi connectivity index (χ1n) is 12.8. The van der Waals surface area contributed by atoms with E-state index in [-0.39, 0.29) is 29.2 Å². The molecule has 7 nitrogen and oxygen atoms in total. The fourth-order valence-electron chi connectivity index (χ4n) is 6.13. The van der Waals surface area contributed by atoms with Gasteiger partial charge in [-0.15, -0.1) is 0 Å². The third-order valence-electron chi connectivity index (χ3n) is 8.05. The van der Waals surface area contributed by atoms with E-state index in [9.17, 15) is 9.90 Å². The van der Waals surface area contributed by atoms with E-state index < -0.39 is 12.0 Å². The number of aliphatic hydroxyl groups excluding tert-OH is 1. The lowest BCUT2D eigenvalue weighted by Crippen LogP contribution is -2.53.